The Kier molecular flexibility index (Phi) is 9.85. The summed E-state index contributed by atoms with van der Waals surface area (Å²) in [6.45, 7) is 7.77. The summed E-state index contributed by atoms with van der Waals surface area (Å²) in [5, 5.41) is 14.4. The molecule has 0 radical (unpaired) electrons. The molecule has 1 aromatic carbocycles. The van der Waals surface area contributed by atoms with E-state index in [2.05, 4.69) is 14.9 Å². The van der Waals surface area contributed by atoms with E-state index < -0.39 is 14.9 Å². The lowest BCUT2D eigenvalue weighted by molar-refractivity contribution is -0.387. The molecular formula is C14H24Cl2N4O4S. The Morgan fingerprint density at radius 1 is 1.20 bits per heavy atom. The molecule has 1 fully saturated rings. The Labute approximate surface area is 160 Å². The third-order valence-electron chi connectivity index (χ3n) is 3.99. The number of sulfonamides is 1. The van der Waals surface area contributed by atoms with Crippen molar-refractivity contribution in [3.63, 3.8) is 0 Å². The van der Waals surface area contributed by atoms with E-state index in [-0.39, 0.29) is 41.9 Å². The van der Waals surface area contributed by atoms with Crippen LogP contribution in [0.2, 0.25) is 0 Å². The summed E-state index contributed by atoms with van der Waals surface area (Å²) >= 11 is 0. The zero-order valence-corrected chi connectivity index (χ0v) is 16.6. The van der Waals surface area contributed by atoms with E-state index in [4.69, 9.17) is 0 Å². The molecule has 8 nitrogen and oxygen atoms in total. The summed E-state index contributed by atoms with van der Waals surface area (Å²) in [5.74, 6) is 0. The lowest BCUT2D eigenvalue weighted by atomic mass is 10.1. The fourth-order valence-corrected chi connectivity index (χ4v) is 3.74. The fourth-order valence-electron chi connectivity index (χ4n) is 2.48. The quantitative estimate of drug-likeness (QED) is 0.535. The summed E-state index contributed by atoms with van der Waals surface area (Å²) in [7, 11) is -3.91. The Morgan fingerprint density at radius 2 is 1.76 bits per heavy atom. The zero-order valence-electron chi connectivity index (χ0n) is 14.1. The van der Waals surface area contributed by atoms with Crippen molar-refractivity contribution >= 4 is 40.5 Å². The first kappa shape index (κ1) is 24.0. The van der Waals surface area contributed by atoms with Crippen LogP contribution in [0.15, 0.2) is 17.0 Å². The normalized spacial score (nSPS) is 15.1. The van der Waals surface area contributed by atoms with Crippen molar-refractivity contribution in [3.8, 4) is 0 Å². The van der Waals surface area contributed by atoms with Crippen molar-refractivity contribution in [3.05, 3.63) is 33.4 Å². The van der Waals surface area contributed by atoms with Crippen LogP contribution in [-0.4, -0.2) is 57.5 Å². The first-order chi connectivity index (χ1) is 10.8. The van der Waals surface area contributed by atoms with Crippen molar-refractivity contribution in [2.75, 3.05) is 39.3 Å². The predicted molar refractivity (Wildman–Crippen MR) is 102 cm³/mol. The Hall–Kier alpha value is -0.970. The molecule has 1 saturated heterocycles. The molecule has 1 aromatic rings. The number of halogens is 2. The maximum absolute atomic E-state index is 12.4. The van der Waals surface area contributed by atoms with Crippen LogP contribution in [0.1, 0.15) is 11.1 Å². The molecule has 25 heavy (non-hydrogen) atoms. The highest BCUT2D eigenvalue weighted by molar-refractivity contribution is 7.89. The average Bonchev–Trinajstić information content (AvgIpc) is 2.50. The highest BCUT2D eigenvalue weighted by atomic mass is 35.5. The summed E-state index contributed by atoms with van der Waals surface area (Å²) in [6.07, 6.45) is 0. The summed E-state index contributed by atoms with van der Waals surface area (Å²) < 4.78 is 27.3. The first-order valence-electron chi connectivity index (χ1n) is 7.49. The fraction of sp³-hybridized carbons (Fsp3) is 0.571. The molecule has 0 spiro atoms. The minimum atomic E-state index is -3.91. The van der Waals surface area contributed by atoms with E-state index in [9.17, 15) is 18.5 Å². The van der Waals surface area contributed by atoms with Crippen LogP contribution in [0, 0.1) is 24.0 Å². The topological polar surface area (TPSA) is 105 Å². The second-order valence-electron chi connectivity index (χ2n) is 5.65. The number of aryl methyl sites for hydroxylation is 2. The van der Waals surface area contributed by atoms with Gasteiger partial charge in [-0.15, -0.1) is 24.8 Å². The van der Waals surface area contributed by atoms with Crippen molar-refractivity contribution in [1.82, 2.24) is 14.9 Å². The van der Waals surface area contributed by atoms with Crippen LogP contribution in [0.5, 0.6) is 0 Å². The van der Waals surface area contributed by atoms with Gasteiger partial charge in [-0.2, -0.15) is 0 Å². The molecular weight excluding hydrogens is 391 g/mol. The number of rotatable bonds is 6. The van der Waals surface area contributed by atoms with Gasteiger partial charge in [-0.1, -0.05) is 0 Å². The van der Waals surface area contributed by atoms with E-state index in [0.717, 1.165) is 26.2 Å². The molecule has 1 heterocycles. The molecule has 0 aromatic heterocycles. The van der Waals surface area contributed by atoms with Gasteiger partial charge in [0.25, 0.3) is 5.69 Å². The number of nitro groups is 1. The highest BCUT2D eigenvalue weighted by Crippen LogP contribution is 2.27. The summed E-state index contributed by atoms with van der Waals surface area (Å²) in [4.78, 5) is 12.4. The van der Waals surface area contributed by atoms with E-state index in [1.165, 1.54) is 12.1 Å². The molecule has 1 aliphatic rings. The number of nitrogens with zero attached hydrogens (tertiary/aromatic N) is 2. The van der Waals surface area contributed by atoms with Gasteiger partial charge in [0.2, 0.25) is 10.0 Å². The average molecular weight is 415 g/mol. The van der Waals surface area contributed by atoms with Gasteiger partial charge in [0, 0.05) is 45.3 Å². The molecule has 1 aliphatic heterocycles. The number of nitro benzene ring substituents is 1. The standard InChI is InChI=1S/C14H22N4O4S.2ClH/c1-11-9-13(18(19)20)14(10-12(11)2)23(21,22)16-5-8-17-6-3-15-4-7-17;;/h9-10,15-16H,3-8H2,1-2H3;2*1H. The Morgan fingerprint density at radius 3 is 2.32 bits per heavy atom. The monoisotopic (exact) mass is 414 g/mol. The number of piperazine rings is 1. The van der Waals surface area contributed by atoms with Crippen molar-refractivity contribution in [1.29, 1.82) is 0 Å². The number of hydrogen-bond donors (Lipinski definition) is 2. The molecule has 0 saturated carbocycles. The van der Waals surface area contributed by atoms with Crippen LogP contribution in [0.25, 0.3) is 0 Å². The van der Waals surface area contributed by atoms with E-state index in [1.54, 1.807) is 13.8 Å². The smallest absolute Gasteiger partial charge is 0.289 e. The van der Waals surface area contributed by atoms with Gasteiger partial charge < -0.3 is 5.32 Å². The van der Waals surface area contributed by atoms with Crippen molar-refractivity contribution in [2.24, 2.45) is 0 Å². The molecule has 0 unspecified atom stereocenters. The van der Waals surface area contributed by atoms with Crippen LogP contribution in [0.4, 0.5) is 5.69 Å². The highest BCUT2D eigenvalue weighted by Gasteiger charge is 2.26. The van der Waals surface area contributed by atoms with Gasteiger partial charge >= 0.3 is 0 Å². The zero-order chi connectivity index (χ0) is 17.0. The largest absolute Gasteiger partial charge is 0.314 e. The third kappa shape index (κ3) is 6.36. The predicted octanol–water partition coefficient (Wildman–Crippen LogP) is 1.24. The minimum absolute atomic E-state index is 0. The molecule has 2 N–H and O–H groups in total. The molecule has 0 atom stereocenters. The second kappa shape index (κ2) is 10.2. The molecule has 0 aliphatic carbocycles. The van der Waals surface area contributed by atoms with Crippen LogP contribution >= 0.6 is 24.8 Å². The van der Waals surface area contributed by atoms with Gasteiger partial charge in [0.05, 0.1) is 4.92 Å². The molecule has 0 amide bonds. The van der Waals surface area contributed by atoms with E-state index in [1.807, 2.05) is 0 Å². The van der Waals surface area contributed by atoms with Gasteiger partial charge in [-0.3, -0.25) is 15.0 Å². The van der Waals surface area contributed by atoms with E-state index in [0.29, 0.717) is 17.7 Å². The van der Waals surface area contributed by atoms with Gasteiger partial charge in [-0.05, 0) is 31.0 Å². The third-order valence-corrected chi connectivity index (χ3v) is 5.48. The molecule has 144 valence electrons. The van der Waals surface area contributed by atoms with Crippen molar-refractivity contribution in [2.45, 2.75) is 18.7 Å². The minimum Gasteiger partial charge on any atom is -0.314 e. The Bertz CT molecular complexity index is 694. The van der Waals surface area contributed by atoms with Gasteiger partial charge in [0.1, 0.15) is 0 Å². The first-order valence-corrected chi connectivity index (χ1v) is 8.98. The maximum atomic E-state index is 12.4. The number of nitrogens with one attached hydrogen (secondary N) is 2. The van der Waals surface area contributed by atoms with Crippen LogP contribution < -0.4 is 10.0 Å². The van der Waals surface area contributed by atoms with E-state index >= 15 is 0 Å². The van der Waals surface area contributed by atoms with Crippen LogP contribution in [0.3, 0.4) is 0 Å². The van der Waals surface area contributed by atoms with Gasteiger partial charge in [0.15, 0.2) is 4.90 Å². The SMILES string of the molecule is Cc1cc([N+](=O)[O-])c(S(=O)(=O)NCCN2CCNCC2)cc1C.Cl.Cl. The number of hydrogen-bond acceptors (Lipinski definition) is 6. The summed E-state index contributed by atoms with van der Waals surface area (Å²) in [6, 6.07) is 2.67. The van der Waals surface area contributed by atoms with Gasteiger partial charge in [-0.25, -0.2) is 13.1 Å². The molecule has 2 rings (SSSR count). The summed E-state index contributed by atoms with van der Waals surface area (Å²) in [5.41, 5.74) is 1.01. The molecule has 11 heteroatoms. The van der Waals surface area contributed by atoms with Crippen LogP contribution in [-0.2, 0) is 10.0 Å². The maximum Gasteiger partial charge on any atom is 0.289 e. The second-order valence-corrected chi connectivity index (χ2v) is 7.39. The Balaban J connectivity index is 0.00000288. The molecule has 0 bridgehead atoms. The lowest BCUT2D eigenvalue weighted by Crippen LogP contribution is -2.46. The number of benzene rings is 1. The van der Waals surface area contributed by atoms with Crippen molar-refractivity contribution < 1.29 is 13.3 Å². The lowest BCUT2D eigenvalue weighted by Gasteiger charge is -2.27.